The standard InChI is InChI=1S/C18H10F5N5/c19-10-2-4-15(24-7-10)28-16-6-13-14(8-25-16)27-17(26-13)9-1-3-12(20)11(5-9)18(21,22)23/h1-8H,(H,26,27)(H,24,25,28). The molecule has 0 radical (unpaired) electrons. The minimum Gasteiger partial charge on any atom is -0.337 e. The quantitative estimate of drug-likeness (QED) is 0.479. The van der Waals surface area contributed by atoms with Crippen molar-refractivity contribution in [3.63, 3.8) is 0 Å². The van der Waals surface area contributed by atoms with E-state index < -0.39 is 23.4 Å². The summed E-state index contributed by atoms with van der Waals surface area (Å²) < 4.78 is 65.1. The lowest BCUT2D eigenvalue weighted by atomic mass is 10.1. The number of hydrogen-bond donors (Lipinski definition) is 2. The van der Waals surface area contributed by atoms with Gasteiger partial charge in [-0.05, 0) is 30.3 Å². The molecule has 0 aliphatic heterocycles. The molecule has 3 heterocycles. The maximum Gasteiger partial charge on any atom is 0.419 e. The van der Waals surface area contributed by atoms with Crippen molar-refractivity contribution in [2.75, 3.05) is 5.32 Å². The lowest BCUT2D eigenvalue weighted by molar-refractivity contribution is -0.139. The Morgan fingerprint density at radius 2 is 1.68 bits per heavy atom. The molecule has 0 saturated heterocycles. The third kappa shape index (κ3) is 3.48. The van der Waals surface area contributed by atoms with Gasteiger partial charge in [0.05, 0.1) is 29.0 Å². The number of aromatic amines is 1. The van der Waals surface area contributed by atoms with Gasteiger partial charge in [-0.15, -0.1) is 0 Å². The zero-order chi connectivity index (χ0) is 19.9. The third-order valence-corrected chi connectivity index (χ3v) is 3.90. The zero-order valence-corrected chi connectivity index (χ0v) is 13.9. The molecule has 0 atom stereocenters. The number of nitrogens with zero attached hydrogens (tertiary/aromatic N) is 3. The van der Waals surface area contributed by atoms with Crippen LogP contribution in [0.3, 0.4) is 0 Å². The number of halogens is 5. The van der Waals surface area contributed by atoms with Crippen LogP contribution >= 0.6 is 0 Å². The molecule has 0 amide bonds. The summed E-state index contributed by atoms with van der Waals surface area (Å²) in [4.78, 5) is 15.1. The van der Waals surface area contributed by atoms with E-state index in [1.165, 1.54) is 24.4 Å². The molecular weight excluding hydrogens is 381 g/mol. The van der Waals surface area contributed by atoms with Gasteiger partial charge in [-0.25, -0.2) is 23.7 Å². The number of fused-ring (bicyclic) bond motifs is 1. The molecule has 0 unspecified atom stereocenters. The molecule has 4 rings (SSSR count). The number of H-pyrrole nitrogens is 1. The second-order valence-electron chi connectivity index (χ2n) is 5.85. The average molecular weight is 391 g/mol. The molecular formula is C18H10F5N5. The predicted molar refractivity (Wildman–Crippen MR) is 91.8 cm³/mol. The van der Waals surface area contributed by atoms with Crippen LogP contribution in [0.5, 0.6) is 0 Å². The highest BCUT2D eigenvalue weighted by Crippen LogP contribution is 2.34. The van der Waals surface area contributed by atoms with E-state index in [1.54, 1.807) is 6.07 Å². The zero-order valence-electron chi connectivity index (χ0n) is 13.9. The second-order valence-corrected chi connectivity index (χ2v) is 5.85. The molecule has 3 aromatic heterocycles. The maximum absolute atomic E-state index is 13.5. The van der Waals surface area contributed by atoms with E-state index in [-0.39, 0.29) is 11.4 Å². The molecule has 1 aromatic carbocycles. The number of rotatable bonds is 3. The van der Waals surface area contributed by atoms with Crippen molar-refractivity contribution >= 4 is 22.7 Å². The van der Waals surface area contributed by atoms with Crippen molar-refractivity contribution < 1.29 is 22.0 Å². The topological polar surface area (TPSA) is 66.5 Å². The molecule has 0 spiro atoms. The van der Waals surface area contributed by atoms with Crippen LogP contribution in [-0.2, 0) is 6.18 Å². The number of pyridine rings is 2. The molecule has 28 heavy (non-hydrogen) atoms. The monoisotopic (exact) mass is 391 g/mol. The third-order valence-electron chi connectivity index (χ3n) is 3.90. The Hall–Kier alpha value is -3.56. The number of aromatic nitrogens is 4. The summed E-state index contributed by atoms with van der Waals surface area (Å²) in [5.74, 6) is -0.979. The summed E-state index contributed by atoms with van der Waals surface area (Å²) in [6, 6.07) is 6.85. The van der Waals surface area contributed by atoms with Crippen LogP contribution < -0.4 is 5.32 Å². The average Bonchev–Trinajstić information content (AvgIpc) is 3.06. The number of imidazole rings is 1. The second kappa shape index (κ2) is 6.55. The SMILES string of the molecule is Fc1ccc(Nc2cc3nc(-c4ccc(F)c(C(F)(F)F)c4)[nH]c3cn2)nc1. The van der Waals surface area contributed by atoms with Gasteiger partial charge in [0.15, 0.2) is 0 Å². The summed E-state index contributed by atoms with van der Waals surface area (Å²) in [6.45, 7) is 0. The lowest BCUT2D eigenvalue weighted by Gasteiger charge is -2.08. The number of hydrogen-bond acceptors (Lipinski definition) is 4. The fourth-order valence-electron chi connectivity index (χ4n) is 2.59. The Labute approximate surface area is 154 Å². The van der Waals surface area contributed by atoms with Crippen LogP contribution in [0, 0.1) is 11.6 Å². The van der Waals surface area contributed by atoms with Gasteiger partial charge in [0.2, 0.25) is 0 Å². The number of nitrogens with one attached hydrogen (secondary N) is 2. The lowest BCUT2D eigenvalue weighted by Crippen LogP contribution is -2.08. The Kier molecular flexibility index (Phi) is 4.17. The first-order chi connectivity index (χ1) is 13.3. The first kappa shape index (κ1) is 17.8. The van der Waals surface area contributed by atoms with Gasteiger partial charge in [-0.2, -0.15) is 13.2 Å². The van der Waals surface area contributed by atoms with E-state index >= 15 is 0 Å². The summed E-state index contributed by atoms with van der Waals surface area (Å²) in [5, 5.41) is 2.87. The molecule has 0 bridgehead atoms. The first-order valence-electron chi connectivity index (χ1n) is 7.91. The van der Waals surface area contributed by atoms with Crippen LogP contribution in [0.2, 0.25) is 0 Å². The Morgan fingerprint density at radius 1 is 0.893 bits per heavy atom. The Morgan fingerprint density at radius 3 is 2.39 bits per heavy atom. The van der Waals surface area contributed by atoms with Gasteiger partial charge >= 0.3 is 6.18 Å². The normalized spacial score (nSPS) is 11.8. The largest absolute Gasteiger partial charge is 0.419 e. The van der Waals surface area contributed by atoms with Gasteiger partial charge in [0.1, 0.15) is 29.1 Å². The summed E-state index contributed by atoms with van der Waals surface area (Å²) >= 11 is 0. The van der Waals surface area contributed by atoms with Crippen LogP contribution in [0.15, 0.2) is 48.8 Å². The first-order valence-corrected chi connectivity index (χ1v) is 7.91. The molecule has 4 aromatic rings. The highest BCUT2D eigenvalue weighted by Gasteiger charge is 2.34. The van der Waals surface area contributed by atoms with Gasteiger partial charge in [0, 0.05) is 11.6 Å². The number of benzene rings is 1. The smallest absolute Gasteiger partial charge is 0.337 e. The number of anilines is 2. The number of alkyl halides is 3. The fraction of sp³-hybridized carbons (Fsp3) is 0.0556. The highest BCUT2D eigenvalue weighted by atomic mass is 19.4. The summed E-state index contributed by atoms with van der Waals surface area (Å²) in [7, 11) is 0. The van der Waals surface area contributed by atoms with Crippen LogP contribution in [-0.4, -0.2) is 19.9 Å². The molecule has 0 aliphatic carbocycles. The van der Waals surface area contributed by atoms with E-state index in [4.69, 9.17) is 0 Å². The van der Waals surface area contributed by atoms with Crippen molar-refractivity contribution in [1.29, 1.82) is 0 Å². The molecule has 2 N–H and O–H groups in total. The van der Waals surface area contributed by atoms with E-state index in [9.17, 15) is 22.0 Å². The molecule has 5 nitrogen and oxygen atoms in total. The van der Waals surface area contributed by atoms with Gasteiger partial charge < -0.3 is 10.3 Å². The molecule has 142 valence electrons. The van der Waals surface area contributed by atoms with Crippen molar-refractivity contribution in [3.05, 3.63) is 66.0 Å². The van der Waals surface area contributed by atoms with E-state index in [0.29, 0.717) is 28.7 Å². The Balaban J connectivity index is 1.68. The summed E-state index contributed by atoms with van der Waals surface area (Å²) in [5.41, 5.74) is -0.383. The van der Waals surface area contributed by atoms with E-state index in [1.807, 2.05) is 0 Å². The predicted octanol–water partition coefficient (Wildman–Crippen LogP) is 5.06. The van der Waals surface area contributed by atoms with Crippen molar-refractivity contribution in [2.45, 2.75) is 6.18 Å². The minimum absolute atomic E-state index is 0.0830. The molecule has 10 heteroatoms. The van der Waals surface area contributed by atoms with Gasteiger partial charge in [-0.1, -0.05) is 0 Å². The molecule has 0 saturated carbocycles. The van der Waals surface area contributed by atoms with E-state index in [0.717, 1.165) is 12.3 Å². The fourth-order valence-corrected chi connectivity index (χ4v) is 2.59. The molecule has 0 aliphatic rings. The van der Waals surface area contributed by atoms with Gasteiger partial charge in [0.25, 0.3) is 0 Å². The van der Waals surface area contributed by atoms with Crippen molar-refractivity contribution in [1.82, 2.24) is 19.9 Å². The Bertz CT molecular complexity index is 1150. The highest BCUT2D eigenvalue weighted by molar-refractivity contribution is 5.81. The van der Waals surface area contributed by atoms with Gasteiger partial charge in [-0.3, -0.25) is 0 Å². The molecule has 0 fully saturated rings. The summed E-state index contributed by atoms with van der Waals surface area (Å²) in [6.07, 6.45) is -2.33. The van der Waals surface area contributed by atoms with Crippen LogP contribution in [0.1, 0.15) is 5.56 Å². The van der Waals surface area contributed by atoms with Crippen LogP contribution in [0.25, 0.3) is 22.4 Å². The minimum atomic E-state index is -4.81. The van der Waals surface area contributed by atoms with Crippen molar-refractivity contribution in [3.8, 4) is 11.4 Å². The van der Waals surface area contributed by atoms with Crippen LogP contribution in [0.4, 0.5) is 33.6 Å². The maximum atomic E-state index is 13.5. The van der Waals surface area contributed by atoms with E-state index in [2.05, 4.69) is 25.3 Å². The van der Waals surface area contributed by atoms with Crippen molar-refractivity contribution in [2.24, 2.45) is 0 Å².